The molecular formula is C17H19ClN2O3. The van der Waals surface area contributed by atoms with Crippen molar-refractivity contribution in [1.29, 1.82) is 0 Å². The minimum absolute atomic E-state index is 0.210. The Morgan fingerprint density at radius 1 is 1.43 bits per heavy atom. The summed E-state index contributed by atoms with van der Waals surface area (Å²) in [7, 11) is 0. The van der Waals surface area contributed by atoms with Gasteiger partial charge in [0.1, 0.15) is 5.58 Å². The van der Waals surface area contributed by atoms with Crippen molar-refractivity contribution in [3.05, 3.63) is 34.5 Å². The van der Waals surface area contributed by atoms with Gasteiger partial charge in [-0.3, -0.25) is 9.59 Å². The summed E-state index contributed by atoms with van der Waals surface area (Å²) < 4.78 is 5.63. The molecule has 0 spiro atoms. The van der Waals surface area contributed by atoms with Gasteiger partial charge in [0.25, 0.3) is 5.91 Å². The zero-order valence-electron chi connectivity index (χ0n) is 13.0. The van der Waals surface area contributed by atoms with E-state index in [0.717, 1.165) is 30.3 Å². The zero-order chi connectivity index (χ0) is 16.4. The minimum atomic E-state index is -0.234. The number of aryl methyl sites for hydroxylation is 1. The number of carbonyl (C=O) groups is 2. The fraction of sp³-hybridized carbons (Fsp3) is 0.412. The molecule has 0 radical (unpaired) electrons. The Morgan fingerprint density at radius 2 is 2.26 bits per heavy atom. The standard InChI is InChI=1S/C17H19ClN2O3/c1-11-13-10-12(18)5-6-14(13)23-16(11)17(22)19-7-3-9-20-8-2-4-15(20)21/h5-6,10H,2-4,7-9H2,1H3,(H,19,22). The van der Waals surface area contributed by atoms with Crippen LogP contribution in [-0.2, 0) is 4.79 Å². The average molecular weight is 335 g/mol. The number of nitrogens with zero attached hydrogens (tertiary/aromatic N) is 1. The Balaban J connectivity index is 1.58. The van der Waals surface area contributed by atoms with Crippen LogP contribution in [0.3, 0.4) is 0 Å². The molecule has 5 nitrogen and oxygen atoms in total. The number of amides is 2. The van der Waals surface area contributed by atoms with Crippen LogP contribution in [0, 0.1) is 6.92 Å². The van der Waals surface area contributed by atoms with Gasteiger partial charge in [0, 0.05) is 42.0 Å². The number of benzene rings is 1. The molecule has 1 fully saturated rings. The second kappa shape index (κ2) is 6.62. The molecule has 6 heteroatoms. The Bertz CT molecular complexity index is 754. The number of fused-ring (bicyclic) bond motifs is 1. The first kappa shape index (κ1) is 15.9. The highest BCUT2D eigenvalue weighted by molar-refractivity contribution is 6.31. The SMILES string of the molecule is Cc1c(C(=O)NCCCN2CCCC2=O)oc2ccc(Cl)cc12. The third-order valence-electron chi connectivity index (χ3n) is 4.17. The number of hydrogen-bond donors (Lipinski definition) is 1. The van der Waals surface area contributed by atoms with Crippen molar-refractivity contribution >= 4 is 34.4 Å². The number of furan rings is 1. The summed E-state index contributed by atoms with van der Waals surface area (Å²) in [5.74, 6) is 0.295. The van der Waals surface area contributed by atoms with Crippen LogP contribution in [0.1, 0.15) is 35.4 Å². The predicted octanol–water partition coefficient (Wildman–Crippen LogP) is 3.14. The molecule has 2 amide bonds. The van der Waals surface area contributed by atoms with Gasteiger partial charge < -0.3 is 14.6 Å². The number of hydrogen-bond acceptors (Lipinski definition) is 3. The number of likely N-dealkylation sites (tertiary alicyclic amines) is 1. The van der Waals surface area contributed by atoms with Crippen molar-refractivity contribution in [3.8, 4) is 0 Å². The van der Waals surface area contributed by atoms with Gasteiger partial charge in [-0.25, -0.2) is 0 Å². The minimum Gasteiger partial charge on any atom is -0.451 e. The van der Waals surface area contributed by atoms with E-state index in [4.69, 9.17) is 16.0 Å². The second-order valence-electron chi connectivity index (χ2n) is 5.79. The summed E-state index contributed by atoms with van der Waals surface area (Å²) in [4.78, 5) is 25.6. The van der Waals surface area contributed by atoms with Crippen molar-refractivity contribution < 1.29 is 14.0 Å². The molecule has 0 unspecified atom stereocenters. The molecule has 23 heavy (non-hydrogen) atoms. The van der Waals surface area contributed by atoms with E-state index in [1.807, 2.05) is 11.8 Å². The van der Waals surface area contributed by atoms with Crippen LogP contribution >= 0.6 is 11.6 Å². The fourth-order valence-corrected chi connectivity index (χ4v) is 3.07. The van der Waals surface area contributed by atoms with Gasteiger partial charge in [0.05, 0.1) is 0 Å². The zero-order valence-corrected chi connectivity index (χ0v) is 13.8. The van der Waals surface area contributed by atoms with Gasteiger partial charge in [-0.05, 0) is 38.0 Å². The van der Waals surface area contributed by atoms with E-state index >= 15 is 0 Å². The van der Waals surface area contributed by atoms with Gasteiger partial charge >= 0.3 is 0 Å². The Labute approximate surface area is 139 Å². The summed E-state index contributed by atoms with van der Waals surface area (Å²) in [5.41, 5.74) is 1.44. The molecule has 1 aliphatic rings. The molecule has 1 N–H and O–H groups in total. The Kier molecular flexibility index (Phi) is 4.57. The van der Waals surface area contributed by atoms with Crippen molar-refractivity contribution in [2.24, 2.45) is 0 Å². The van der Waals surface area contributed by atoms with Crippen molar-refractivity contribution in [3.63, 3.8) is 0 Å². The summed E-state index contributed by atoms with van der Waals surface area (Å²) in [5, 5.41) is 4.32. The lowest BCUT2D eigenvalue weighted by atomic mass is 10.1. The van der Waals surface area contributed by atoms with E-state index < -0.39 is 0 Å². The van der Waals surface area contributed by atoms with Gasteiger partial charge in [-0.1, -0.05) is 11.6 Å². The summed E-state index contributed by atoms with van der Waals surface area (Å²) in [6, 6.07) is 5.30. The largest absolute Gasteiger partial charge is 0.451 e. The topological polar surface area (TPSA) is 62.6 Å². The third kappa shape index (κ3) is 3.34. The normalized spacial score (nSPS) is 14.7. The highest BCUT2D eigenvalue weighted by Gasteiger charge is 2.20. The first-order valence-corrected chi connectivity index (χ1v) is 8.18. The number of rotatable bonds is 5. The third-order valence-corrected chi connectivity index (χ3v) is 4.40. The van der Waals surface area contributed by atoms with Crippen LogP contribution in [0.2, 0.25) is 5.02 Å². The Hall–Kier alpha value is -2.01. The maximum Gasteiger partial charge on any atom is 0.287 e. The number of carbonyl (C=O) groups excluding carboxylic acids is 2. The molecule has 0 aliphatic carbocycles. The summed E-state index contributed by atoms with van der Waals surface area (Å²) >= 11 is 5.98. The molecule has 1 aromatic carbocycles. The number of nitrogens with one attached hydrogen (secondary N) is 1. The van der Waals surface area contributed by atoms with E-state index in [9.17, 15) is 9.59 Å². The molecule has 0 atom stereocenters. The predicted molar refractivity (Wildman–Crippen MR) is 88.7 cm³/mol. The first-order chi connectivity index (χ1) is 11.1. The van der Waals surface area contributed by atoms with Gasteiger partial charge in [0.2, 0.25) is 5.91 Å². The quantitative estimate of drug-likeness (QED) is 0.854. The lowest BCUT2D eigenvalue weighted by Crippen LogP contribution is -2.30. The highest BCUT2D eigenvalue weighted by Crippen LogP contribution is 2.27. The molecule has 1 aromatic heterocycles. The number of halogens is 1. The van der Waals surface area contributed by atoms with E-state index in [0.29, 0.717) is 35.9 Å². The highest BCUT2D eigenvalue weighted by atomic mass is 35.5. The van der Waals surface area contributed by atoms with Gasteiger partial charge in [-0.15, -0.1) is 0 Å². The van der Waals surface area contributed by atoms with E-state index in [-0.39, 0.29) is 11.8 Å². The molecule has 3 rings (SSSR count). The molecule has 2 aromatic rings. The van der Waals surface area contributed by atoms with E-state index in [1.54, 1.807) is 18.2 Å². The molecule has 1 aliphatic heterocycles. The van der Waals surface area contributed by atoms with E-state index in [2.05, 4.69) is 5.32 Å². The summed E-state index contributed by atoms with van der Waals surface area (Å²) in [6.07, 6.45) is 2.32. The molecule has 0 bridgehead atoms. The molecule has 1 saturated heterocycles. The second-order valence-corrected chi connectivity index (χ2v) is 6.23. The van der Waals surface area contributed by atoms with Crippen molar-refractivity contribution in [2.45, 2.75) is 26.2 Å². The maximum atomic E-state index is 12.3. The smallest absolute Gasteiger partial charge is 0.287 e. The van der Waals surface area contributed by atoms with Crippen LogP contribution < -0.4 is 5.32 Å². The summed E-state index contributed by atoms with van der Waals surface area (Å²) in [6.45, 7) is 3.88. The van der Waals surface area contributed by atoms with Crippen LogP contribution in [0.15, 0.2) is 22.6 Å². The fourth-order valence-electron chi connectivity index (χ4n) is 2.90. The van der Waals surface area contributed by atoms with Gasteiger partial charge in [0.15, 0.2) is 5.76 Å². The lowest BCUT2D eigenvalue weighted by Gasteiger charge is -2.15. The van der Waals surface area contributed by atoms with Crippen LogP contribution in [0.5, 0.6) is 0 Å². The molecule has 0 saturated carbocycles. The van der Waals surface area contributed by atoms with Crippen LogP contribution in [0.25, 0.3) is 11.0 Å². The first-order valence-electron chi connectivity index (χ1n) is 7.81. The molecule has 122 valence electrons. The van der Waals surface area contributed by atoms with Gasteiger partial charge in [-0.2, -0.15) is 0 Å². The van der Waals surface area contributed by atoms with Crippen LogP contribution in [0.4, 0.5) is 0 Å². The average Bonchev–Trinajstić information content (AvgIpc) is 3.08. The maximum absolute atomic E-state index is 12.3. The van der Waals surface area contributed by atoms with Crippen LogP contribution in [-0.4, -0.2) is 36.3 Å². The van der Waals surface area contributed by atoms with Crippen molar-refractivity contribution in [2.75, 3.05) is 19.6 Å². The monoisotopic (exact) mass is 334 g/mol. The lowest BCUT2D eigenvalue weighted by molar-refractivity contribution is -0.127. The van der Waals surface area contributed by atoms with Crippen molar-refractivity contribution in [1.82, 2.24) is 10.2 Å². The molecular weight excluding hydrogens is 316 g/mol. The molecule has 2 heterocycles. The van der Waals surface area contributed by atoms with E-state index in [1.165, 1.54) is 0 Å². The Morgan fingerprint density at radius 3 is 3.00 bits per heavy atom.